The van der Waals surface area contributed by atoms with E-state index in [1.807, 2.05) is 0 Å². The summed E-state index contributed by atoms with van der Waals surface area (Å²) in [5, 5.41) is 0. The van der Waals surface area contributed by atoms with Crippen molar-refractivity contribution in [1.29, 1.82) is 0 Å². The van der Waals surface area contributed by atoms with Crippen LogP contribution in [0.15, 0.2) is 12.3 Å². The Morgan fingerprint density at radius 2 is 2.27 bits per heavy atom. The number of halogens is 1. The molecule has 0 saturated carbocycles. The maximum Gasteiger partial charge on any atom is 0.213 e. The van der Waals surface area contributed by atoms with E-state index in [-0.39, 0.29) is 5.78 Å². The molecule has 0 aromatic carbocycles. The second-order valence-corrected chi connectivity index (χ2v) is 2.38. The molecule has 0 aliphatic heterocycles. The molecule has 0 amide bonds. The lowest BCUT2D eigenvalue weighted by molar-refractivity contribution is 0.101. The molecule has 1 aromatic rings. The molecular weight excluding hydrogens is 145 g/mol. The highest BCUT2D eigenvalue weighted by molar-refractivity contribution is 5.95. The van der Waals surface area contributed by atoms with Crippen LogP contribution in [0.2, 0.25) is 0 Å². The van der Waals surface area contributed by atoms with Gasteiger partial charge in [-0.05, 0) is 19.4 Å². The van der Waals surface area contributed by atoms with E-state index in [4.69, 9.17) is 0 Å². The largest absolute Gasteiger partial charge is 0.294 e. The fourth-order valence-corrected chi connectivity index (χ4v) is 0.878. The van der Waals surface area contributed by atoms with E-state index in [9.17, 15) is 9.18 Å². The SMILES string of the molecule is CC(=O)c1cc(F)ncc1C. The van der Waals surface area contributed by atoms with Crippen LogP contribution < -0.4 is 0 Å². The maximum atomic E-state index is 12.4. The third-order valence-corrected chi connectivity index (χ3v) is 1.45. The minimum absolute atomic E-state index is 0.135. The van der Waals surface area contributed by atoms with Gasteiger partial charge in [0.25, 0.3) is 0 Å². The number of rotatable bonds is 1. The summed E-state index contributed by atoms with van der Waals surface area (Å²) in [6.45, 7) is 3.13. The van der Waals surface area contributed by atoms with Gasteiger partial charge in [0.05, 0.1) is 0 Å². The van der Waals surface area contributed by atoms with Gasteiger partial charge >= 0.3 is 0 Å². The second-order valence-electron chi connectivity index (χ2n) is 2.38. The molecule has 0 spiro atoms. The van der Waals surface area contributed by atoms with Crippen LogP contribution in [0.4, 0.5) is 4.39 Å². The van der Waals surface area contributed by atoms with Gasteiger partial charge in [0.1, 0.15) is 0 Å². The fraction of sp³-hybridized carbons (Fsp3) is 0.250. The quantitative estimate of drug-likeness (QED) is 0.454. The van der Waals surface area contributed by atoms with Crippen LogP contribution >= 0.6 is 0 Å². The van der Waals surface area contributed by atoms with Gasteiger partial charge < -0.3 is 0 Å². The highest BCUT2D eigenvalue weighted by Crippen LogP contribution is 2.07. The smallest absolute Gasteiger partial charge is 0.213 e. The van der Waals surface area contributed by atoms with Crippen molar-refractivity contribution in [3.05, 3.63) is 29.3 Å². The van der Waals surface area contributed by atoms with E-state index < -0.39 is 5.95 Å². The normalized spacial score (nSPS) is 9.73. The minimum atomic E-state index is -0.610. The van der Waals surface area contributed by atoms with E-state index in [0.717, 1.165) is 6.07 Å². The molecule has 2 nitrogen and oxygen atoms in total. The van der Waals surface area contributed by atoms with Gasteiger partial charge in [0.15, 0.2) is 5.78 Å². The lowest BCUT2D eigenvalue weighted by Crippen LogP contribution is -1.98. The summed E-state index contributed by atoms with van der Waals surface area (Å²) in [4.78, 5) is 14.2. The molecule has 3 heteroatoms. The summed E-state index contributed by atoms with van der Waals surface area (Å²) in [5.74, 6) is -0.746. The van der Waals surface area contributed by atoms with Gasteiger partial charge in [-0.25, -0.2) is 4.98 Å². The predicted molar refractivity (Wildman–Crippen MR) is 38.9 cm³/mol. The highest BCUT2D eigenvalue weighted by Gasteiger charge is 2.04. The Morgan fingerprint density at radius 3 is 2.73 bits per heavy atom. The van der Waals surface area contributed by atoms with Crippen LogP contribution in [0, 0.1) is 12.9 Å². The molecule has 1 aromatic heterocycles. The summed E-state index contributed by atoms with van der Waals surface area (Å²) < 4.78 is 12.4. The lowest BCUT2D eigenvalue weighted by atomic mass is 10.1. The number of ketones is 1. The first-order valence-electron chi connectivity index (χ1n) is 3.24. The van der Waals surface area contributed by atoms with Gasteiger partial charge in [0, 0.05) is 17.8 Å². The van der Waals surface area contributed by atoms with E-state index in [1.165, 1.54) is 13.1 Å². The number of carbonyl (C=O) groups excluding carboxylic acids is 1. The number of aromatic nitrogens is 1. The molecule has 58 valence electrons. The van der Waals surface area contributed by atoms with Crippen LogP contribution in [-0.4, -0.2) is 10.8 Å². The van der Waals surface area contributed by atoms with Gasteiger partial charge in [-0.15, -0.1) is 0 Å². The third kappa shape index (κ3) is 1.61. The Balaban J connectivity index is 3.23. The molecule has 0 N–H and O–H groups in total. The maximum absolute atomic E-state index is 12.4. The van der Waals surface area contributed by atoms with Gasteiger partial charge in [0.2, 0.25) is 5.95 Å². The second kappa shape index (κ2) is 2.78. The topological polar surface area (TPSA) is 30.0 Å². The molecule has 0 saturated heterocycles. The van der Waals surface area contributed by atoms with Crippen molar-refractivity contribution in [3.8, 4) is 0 Å². The average Bonchev–Trinajstić information content (AvgIpc) is 1.94. The number of nitrogens with zero attached hydrogens (tertiary/aromatic N) is 1. The number of carbonyl (C=O) groups is 1. The highest BCUT2D eigenvalue weighted by atomic mass is 19.1. The Labute approximate surface area is 64.1 Å². The first kappa shape index (κ1) is 7.85. The van der Waals surface area contributed by atoms with Crippen molar-refractivity contribution in [2.45, 2.75) is 13.8 Å². The van der Waals surface area contributed by atoms with Crippen LogP contribution in [0.5, 0.6) is 0 Å². The van der Waals surface area contributed by atoms with Gasteiger partial charge in [-0.2, -0.15) is 4.39 Å². The van der Waals surface area contributed by atoms with Crippen molar-refractivity contribution >= 4 is 5.78 Å². The van der Waals surface area contributed by atoms with E-state index in [2.05, 4.69) is 4.98 Å². The monoisotopic (exact) mass is 153 g/mol. The van der Waals surface area contributed by atoms with Crippen LogP contribution in [0.3, 0.4) is 0 Å². The molecule has 11 heavy (non-hydrogen) atoms. The molecule has 0 radical (unpaired) electrons. The van der Waals surface area contributed by atoms with E-state index >= 15 is 0 Å². The Hall–Kier alpha value is -1.25. The van der Waals surface area contributed by atoms with Crippen molar-refractivity contribution < 1.29 is 9.18 Å². The van der Waals surface area contributed by atoms with E-state index in [0.29, 0.717) is 11.1 Å². The van der Waals surface area contributed by atoms with Crippen molar-refractivity contribution in [3.63, 3.8) is 0 Å². The molecule has 1 heterocycles. The zero-order chi connectivity index (χ0) is 8.43. The molecule has 0 bridgehead atoms. The zero-order valence-corrected chi connectivity index (χ0v) is 6.39. The van der Waals surface area contributed by atoms with Gasteiger partial charge in [-0.1, -0.05) is 0 Å². The third-order valence-electron chi connectivity index (χ3n) is 1.45. The number of pyridine rings is 1. The molecular formula is C8H8FNO. The Morgan fingerprint density at radius 1 is 1.64 bits per heavy atom. The molecule has 0 unspecified atom stereocenters. The summed E-state index contributed by atoms with van der Waals surface area (Å²) in [6, 6.07) is 1.15. The number of Topliss-reactive ketones (excluding diaryl/α,β-unsaturated/α-hetero) is 1. The summed E-state index contributed by atoms with van der Waals surface area (Å²) in [7, 11) is 0. The molecule has 0 atom stereocenters. The average molecular weight is 153 g/mol. The molecule has 0 aliphatic rings. The van der Waals surface area contributed by atoms with Crippen LogP contribution in [0.25, 0.3) is 0 Å². The number of aryl methyl sites for hydroxylation is 1. The van der Waals surface area contributed by atoms with Gasteiger partial charge in [-0.3, -0.25) is 4.79 Å². The predicted octanol–water partition coefficient (Wildman–Crippen LogP) is 1.73. The Kier molecular flexibility index (Phi) is 1.98. The van der Waals surface area contributed by atoms with Crippen molar-refractivity contribution in [2.24, 2.45) is 0 Å². The molecule has 0 aliphatic carbocycles. The van der Waals surface area contributed by atoms with Crippen molar-refractivity contribution in [1.82, 2.24) is 4.98 Å². The number of hydrogen-bond donors (Lipinski definition) is 0. The summed E-state index contributed by atoms with van der Waals surface area (Å²) in [6.07, 6.45) is 1.35. The Bertz CT molecular complexity index is 296. The van der Waals surface area contributed by atoms with Crippen LogP contribution in [0.1, 0.15) is 22.8 Å². The zero-order valence-electron chi connectivity index (χ0n) is 6.39. The van der Waals surface area contributed by atoms with Crippen molar-refractivity contribution in [2.75, 3.05) is 0 Å². The fourth-order valence-electron chi connectivity index (χ4n) is 0.878. The van der Waals surface area contributed by atoms with Crippen LogP contribution in [-0.2, 0) is 0 Å². The first-order valence-corrected chi connectivity index (χ1v) is 3.24. The summed E-state index contributed by atoms with van der Waals surface area (Å²) in [5.41, 5.74) is 1.11. The summed E-state index contributed by atoms with van der Waals surface area (Å²) >= 11 is 0. The first-order chi connectivity index (χ1) is 5.11. The molecule has 1 rings (SSSR count). The standard InChI is InChI=1S/C8H8FNO/c1-5-4-10-8(9)3-7(5)6(2)11/h3-4H,1-2H3. The lowest BCUT2D eigenvalue weighted by Gasteiger charge is -1.98. The number of hydrogen-bond acceptors (Lipinski definition) is 2. The molecule has 0 fully saturated rings. The van der Waals surface area contributed by atoms with E-state index in [1.54, 1.807) is 6.92 Å². The minimum Gasteiger partial charge on any atom is -0.294 e.